The van der Waals surface area contributed by atoms with Crippen molar-refractivity contribution < 1.29 is 36.3 Å². The summed E-state index contributed by atoms with van der Waals surface area (Å²) in [6.07, 6.45) is 1.47. The highest BCUT2D eigenvalue weighted by Crippen LogP contribution is 2.33. The van der Waals surface area contributed by atoms with Gasteiger partial charge in [0.15, 0.2) is 5.69 Å². The average Bonchev–Trinajstić information content (AvgIpc) is 3.09. The highest BCUT2D eigenvalue weighted by Gasteiger charge is 2.38. The number of amides is 1. The van der Waals surface area contributed by atoms with Crippen LogP contribution in [0.25, 0.3) is 10.9 Å². The smallest absolute Gasteiger partial charge is 0.475 e. The maximum atomic E-state index is 12.9. The molecule has 9 nitrogen and oxygen atoms in total. The van der Waals surface area contributed by atoms with E-state index in [-0.39, 0.29) is 17.6 Å². The monoisotopic (exact) mass is 490 g/mol. The SMILES string of the molecule is CN1[C@@H]2CCC[C@H]1C[C@H](NC(=O)c1nn(S(C)(=O)=O)c3ccccc13)C2.O=C(O)C(F)(F)F. The van der Waals surface area contributed by atoms with Gasteiger partial charge in [-0.2, -0.15) is 22.4 Å². The number of hydrogen-bond donors (Lipinski definition) is 2. The Kier molecular flexibility index (Phi) is 7.03. The summed E-state index contributed by atoms with van der Waals surface area (Å²) >= 11 is 0. The van der Waals surface area contributed by atoms with Crippen LogP contribution in [0.4, 0.5) is 13.2 Å². The fourth-order valence-corrected chi connectivity index (χ4v) is 5.19. The summed E-state index contributed by atoms with van der Waals surface area (Å²) in [6.45, 7) is 0. The van der Waals surface area contributed by atoms with Gasteiger partial charge in [-0.25, -0.2) is 13.2 Å². The number of carboxylic acids is 1. The van der Waals surface area contributed by atoms with E-state index >= 15 is 0 Å². The van der Waals surface area contributed by atoms with Crippen LogP contribution in [-0.2, 0) is 14.8 Å². The number of piperidine rings is 2. The van der Waals surface area contributed by atoms with E-state index in [1.807, 2.05) is 0 Å². The van der Waals surface area contributed by atoms with Crippen molar-refractivity contribution >= 4 is 32.8 Å². The van der Waals surface area contributed by atoms with Gasteiger partial charge in [-0.15, -0.1) is 0 Å². The van der Waals surface area contributed by atoms with Gasteiger partial charge in [0.25, 0.3) is 15.9 Å². The molecule has 3 atom stereocenters. The molecule has 3 heterocycles. The number of halogens is 3. The summed E-state index contributed by atoms with van der Waals surface area (Å²) < 4.78 is 56.7. The van der Waals surface area contributed by atoms with Gasteiger partial charge in [0.1, 0.15) is 0 Å². The van der Waals surface area contributed by atoms with Crippen LogP contribution in [0.15, 0.2) is 24.3 Å². The number of benzene rings is 1. The predicted molar refractivity (Wildman–Crippen MR) is 113 cm³/mol. The third kappa shape index (κ3) is 5.64. The number of hydrogen-bond acceptors (Lipinski definition) is 6. The Labute approximate surface area is 188 Å². The molecule has 0 spiro atoms. The van der Waals surface area contributed by atoms with Gasteiger partial charge >= 0.3 is 12.1 Å². The molecule has 2 aliphatic rings. The summed E-state index contributed by atoms with van der Waals surface area (Å²) in [7, 11) is -1.40. The molecule has 0 saturated carbocycles. The molecule has 0 radical (unpaired) electrons. The van der Waals surface area contributed by atoms with E-state index in [1.165, 1.54) is 19.3 Å². The largest absolute Gasteiger partial charge is 0.490 e. The zero-order valence-electron chi connectivity index (χ0n) is 18.0. The second-order valence-corrected chi connectivity index (χ2v) is 10.1. The van der Waals surface area contributed by atoms with Gasteiger partial charge in [0.05, 0.1) is 11.8 Å². The van der Waals surface area contributed by atoms with Crippen LogP contribution in [-0.4, -0.2) is 77.1 Å². The van der Waals surface area contributed by atoms with Crippen molar-refractivity contribution in [2.45, 2.75) is 56.4 Å². The van der Waals surface area contributed by atoms with Crippen molar-refractivity contribution in [2.24, 2.45) is 0 Å². The molecule has 1 aromatic heterocycles. The topological polar surface area (TPSA) is 122 Å². The van der Waals surface area contributed by atoms with Crippen LogP contribution < -0.4 is 5.32 Å². The van der Waals surface area contributed by atoms with E-state index in [1.54, 1.807) is 24.3 Å². The highest BCUT2D eigenvalue weighted by molar-refractivity contribution is 7.89. The van der Waals surface area contributed by atoms with Crippen molar-refractivity contribution in [3.05, 3.63) is 30.0 Å². The number of fused-ring (bicyclic) bond motifs is 3. The van der Waals surface area contributed by atoms with E-state index in [0.29, 0.717) is 23.0 Å². The molecular formula is C20H25F3N4O5S. The second kappa shape index (κ2) is 9.29. The van der Waals surface area contributed by atoms with Gasteiger partial charge < -0.3 is 15.3 Å². The van der Waals surface area contributed by atoms with Gasteiger partial charge in [0.2, 0.25) is 0 Å². The van der Waals surface area contributed by atoms with Crippen molar-refractivity contribution in [1.29, 1.82) is 0 Å². The predicted octanol–water partition coefficient (Wildman–Crippen LogP) is 2.22. The molecule has 1 amide bonds. The quantitative estimate of drug-likeness (QED) is 0.677. The van der Waals surface area contributed by atoms with E-state index in [2.05, 4.69) is 22.4 Å². The normalized spacial score (nSPS) is 23.5. The highest BCUT2D eigenvalue weighted by atomic mass is 32.2. The fourth-order valence-electron chi connectivity index (χ4n) is 4.45. The Bertz CT molecular complexity index is 1130. The number of carbonyl (C=O) groups excluding carboxylic acids is 1. The first-order chi connectivity index (χ1) is 15.3. The Morgan fingerprint density at radius 3 is 2.21 bits per heavy atom. The molecule has 2 saturated heterocycles. The minimum Gasteiger partial charge on any atom is -0.475 e. The number of aliphatic carboxylic acids is 1. The van der Waals surface area contributed by atoms with Crippen molar-refractivity contribution in [2.75, 3.05) is 13.3 Å². The van der Waals surface area contributed by atoms with Crippen LogP contribution in [0.1, 0.15) is 42.6 Å². The number of carboxylic acid groups (broad SMARTS) is 1. The number of rotatable bonds is 3. The maximum absolute atomic E-state index is 12.9. The summed E-state index contributed by atoms with van der Waals surface area (Å²) in [5, 5.41) is 14.9. The van der Waals surface area contributed by atoms with Crippen molar-refractivity contribution in [3.8, 4) is 0 Å². The number of nitrogens with zero attached hydrogens (tertiary/aromatic N) is 3. The van der Waals surface area contributed by atoms with Crippen molar-refractivity contribution in [1.82, 2.24) is 19.4 Å². The zero-order valence-corrected chi connectivity index (χ0v) is 18.9. The van der Waals surface area contributed by atoms with Crippen LogP contribution >= 0.6 is 0 Å². The van der Waals surface area contributed by atoms with Gasteiger partial charge in [-0.05, 0) is 38.8 Å². The number of nitrogens with one attached hydrogen (secondary N) is 1. The molecule has 33 heavy (non-hydrogen) atoms. The molecule has 2 bridgehead atoms. The molecule has 2 aromatic rings. The molecule has 182 valence electrons. The fraction of sp³-hybridized carbons (Fsp3) is 0.550. The number of carbonyl (C=O) groups is 2. The first kappa shape index (κ1) is 25.0. The molecule has 13 heteroatoms. The minimum atomic E-state index is -5.08. The Balaban J connectivity index is 0.000000383. The summed E-state index contributed by atoms with van der Waals surface area (Å²) in [6, 6.07) is 8.06. The molecule has 2 N–H and O–H groups in total. The molecule has 1 aromatic carbocycles. The molecule has 2 fully saturated rings. The lowest BCUT2D eigenvalue weighted by Gasteiger charge is -2.47. The maximum Gasteiger partial charge on any atom is 0.490 e. The Morgan fingerprint density at radius 1 is 1.15 bits per heavy atom. The lowest BCUT2D eigenvalue weighted by molar-refractivity contribution is -0.192. The zero-order chi connectivity index (χ0) is 24.6. The molecule has 2 aliphatic heterocycles. The number of para-hydroxylation sites is 1. The second-order valence-electron chi connectivity index (χ2n) is 8.32. The van der Waals surface area contributed by atoms with Crippen molar-refractivity contribution in [3.63, 3.8) is 0 Å². The van der Waals surface area contributed by atoms with Gasteiger partial charge in [0, 0.05) is 23.5 Å². The Morgan fingerprint density at radius 2 is 1.70 bits per heavy atom. The van der Waals surface area contributed by atoms with E-state index in [9.17, 15) is 26.4 Å². The first-order valence-corrected chi connectivity index (χ1v) is 12.1. The summed E-state index contributed by atoms with van der Waals surface area (Å²) in [4.78, 5) is 24.2. The van der Waals surface area contributed by atoms with Crippen LogP contribution in [0.2, 0.25) is 0 Å². The van der Waals surface area contributed by atoms with E-state index in [0.717, 1.165) is 23.2 Å². The number of alkyl halides is 3. The lowest BCUT2D eigenvalue weighted by Crippen LogP contribution is -2.55. The molecule has 0 unspecified atom stereocenters. The third-order valence-electron chi connectivity index (χ3n) is 6.00. The summed E-state index contributed by atoms with van der Waals surface area (Å²) in [5.74, 6) is -3.05. The van der Waals surface area contributed by atoms with E-state index < -0.39 is 22.2 Å². The standard InChI is InChI=1S/C18H24N4O3S.C2HF3O2/c1-21-13-6-5-7-14(21)11-12(10-13)19-18(23)17-15-8-3-4-9-16(15)22(20-17)26(2,24)25;3-2(4,5)1(6)7/h3-4,8-9,12-14H,5-7,10-11H2,1-2H3,(H,19,23);(H,6,7)/t12-,13-,14+;. The Hall–Kier alpha value is -2.67. The molecule has 4 rings (SSSR count). The van der Waals surface area contributed by atoms with Crippen LogP contribution in [0.5, 0.6) is 0 Å². The average molecular weight is 491 g/mol. The van der Waals surface area contributed by atoms with Crippen LogP contribution in [0, 0.1) is 0 Å². The minimum absolute atomic E-state index is 0.108. The van der Waals surface area contributed by atoms with Gasteiger partial charge in [-0.1, -0.05) is 24.6 Å². The summed E-state index contributed by atoms with van der Waals surface area (Å²) in [5.41, 5.74) is 0.607. The third-order valence-corrected chi connectivity index (χ3v) is 6.91. The van der Waals surface area contributed by atoms with Gasteiger partial charge in [-0.3, -0.25) is 4.79 Å². The first-order valence-electron chi connectivity index (χ1n) is 10.3. The van der Waals surface area contributed by atoms with E-state index in [4.69, 9.17) is 9.90 Å². The number of aromatic nitrogens is 2. The molecular weight excluding hydrogens is 465 g/mol. The molecule has 0 aliphatic carbocycles. The van der Waals surface area contributed by atoms with Crippen LogP contribution in [0.3, 0.4) is 0 Å². The lowest BCUT2D eigenvalue weighted by atomic mass is 9.82.